The summed E-state index contributed by atoms with van der Waals surface area (Å²) in [7, 11) is 0. The van der Waals surface area contributed by atoms with Crippen LogP contribution in [0.15, 0.2) is 30.3 Å². The second-order valence-electron chi connectivity index (χ2n) is 4.51. The summed E-state index contributed by atoms with van der Waals surface area (Å²) in [5.74, 6) is -0.385. The molecule has 0 spiro atoms. The molecule has 0 bridgehead atoms. The fourth-order valence-corrected chi connectivity index (χ4v) is 1.91. The Hall–Kier alpha value is -2.04. The van der Waals surface area contributed by atoms with Crippen LogP contribution in [0.1, 0.15) is 24.4 Å². The zero-order valence-electron chi connectivity index (χ0n) is 9.74. The lowest BCUT2D eigenvalue weighted by Gasteiger charge is -2.19. The molecule has 0 aromatic heterocycles. The Morgan fingerprint density at radius 3 is 2.67 bits per heavy atom. The fourth-order valence-electron chi connectivity index (χ4n) is 1.91. The van der Waals surface area contributed by atoms with E-state index in [1.54, 1.807) is 0 Å². The molecule has 94 valence electrons. The highest BCUT2D eigenvalue weighted by atomic mass is 16.8. The van der Waals surface area contributed by atoms with Crippen LogP contribution in [0.3, 0.4) is 0 Å². The van der Waals surface area contributed by atoms with Crippen LogP contribution >= 0.6 is 0 Å². The number of rotatable bonds is 3. The molecule has 1 amide bonds. The van der Waals surface area contributed by atoms with E-state index in [0.29, 0.717) is 0 Å². The molecule has 0 N–H and O–H groups in total. The molecule has 1 atom stereocenters. The Labute approximate surface area is 104 Å². The van der Waals surface area contributed by atoms with Crippen molar-refractivity contribution in [3.63, 3.8) is 0 Å². The first kappa shape index (κ1) is 11.1. The third kappa shape index (κ3) is 2.03. The van der Waals surface area contributed by atoms with Gasteiger partial charge in [0.05, 0.1) is 5.92 Å². The van der Waals surface area contributed by atoms with Gasteiger partial charge in [0.15, 0.2) is 0 Å². The number of hydroxylamine groups is 2. The Kier molecular flexibility index (Phi) is 2.66. The van der Waals surface area contributed by atoms with E-state index in [9.17, 15) is 9.59 Å². The Bertz CT molecular complexity index is 469. The number of ether oxygens (including phenoxy) is 1. The average Bonchev–Trinajstić information content (AvgIpc) is 3.18. The van der Waals surface area contributed by atoms with Crippen molar-refractivity contribution in [1.82, 2.24) is 5.06 Å². The Morgan fingerprint density at radius 1 is 1.28 bits per heavy atom. The van der Waals surface area contributed by atoms with Gasteiger partial charge in [-0.05, 0) is 18.4 Å². The van der Waals surface area contributed by atoms with Crippen LogP contribution in [0.5, 0.6) is 0 Å². The number of amides is 1. The number of carbonyl (C=O) groups is 2. The summed E-state index contributed by atoms with van der Waals surface area (Å²) in [6.45, 7) is 0.209. The lowest BCUT2D eigenvalue weighted by atomic mass is 10.1. The van der Waals surface area contributed by atoms with Gasteiger partial charge in [0.2, 0.25) is 0 Å². The van der Waals surface area contributed by atoms with Crippen LogP contribution in [0.25, 0.3) is 0 Å². The summed E-state index contributed by atoms with van der Waals surface area (Å²) in [5, 5.41) is 1.05. The summed E-state index contributed by atoms with van der Waals surface area (Å²) < 4.78 is 4.94. The first-order chi connectivity index (χ1) is 8.75. The summed E-state index contributed by atoms with van der Waals surface area (Å²) in [5.41, 5.74) is 0.895. The zero-order chi connectivity index (χ0) is 12.5. The van der Waals surface area contributed by atoms with E-state index in [2.05, 4.69) is 0 Å². The number of nitrogens with zero attached hydrogens (tertiary/aromatic N) is 1. The van der Waals surface area contributed by atoms with E-state index in [1.165, 1.54) is 0 Å². The van der Waals surface area contributed by atoms with Gasteiger partial charge in [-0.3, -0.25) is 0 Å². The molecule has 2 fully saturated rings. The normalized spacial score (nSPS) is 22.8. The molecule has 1 aromatic carbocycles. The van der Waals surface area contributed by atoms with E-state index < -0.39 is 6.09 Å². The van der Waals surface area contributed by atoms with Crippen molar-refractivity contribution in [3.05, 3.63) is 35.9 Å². The maximum Gasteiger partial charge on any atom is 0.444 e. The lowest BCUT2D eigenvalue weighted by Crippen LogP contribution is -2.31. The first-order valence-electron chi connectivity index (χ1n) is 5.98. The zero-order valence-corrected chi connectivity index (χ0v) is 9.74. The fraction of sp³-hybridized carbons (Fsp3) is 0.385. The van der Waals surface area contributed by atoms with Gasteiger partial charge in [-0.1, -0.05) is 30.3 Å². The molecule has 5 heteroatoms. The van der Waals surface area contributed by atoms with E-state index in [4.69, 9.17) is 9.57 Å². The largest absolute Gasteiger partial charge is 0.445 e. The number of cyclic esters (lactones) is 1. The number of benzene rings is 1. The van der Waals surface area contributed by atoms with Crippen molar-refractivity contribution < 1.29 is 19.2 Å². The number of hydrogen-bond donors (Lipinski definition) is 0. The van der Waals surface area contributed by atoms with Crippen molar-refractivity contribution >= 4 is 12.1 Å². The molecule has 2 aliphatic rings. The number of hydrogen-bond acceptors (Lipinski definition) is 4. The van der Waals surface area contributed by atoms with Crippen molar-refractivity contribution in [2.24, 2.45) is 5.92 Å². The topological polar surface area (TPSA) is 55.8 Å². The molecule has 1 heterocycles. The van der Waals surface area contributed by atoms with Crippen molar-refractivity contribution in [3.8, 4) is 0 Å². The predicted molar refractivity (Wildman–Crippen MR) is 61.2 cm³/mol. The van der Waals surface area contributed by atoms with Gasteiger partial charge >= 0.3 is 12.1 Å². The van der Waals surface area contributed by atoms with Gasteiger partial charge in [0.1, 0.15) is 12.6 Å². The molecule has 1 aliphatic heterocycles. The molecule has 1 saturated carbocycles. The van der Waals surface area contributed by atoms with Crippen LogP contribution in [-0.2, 0) is 14.4 Å². The van der Waals surface area contributed by atoms with Gasteiger partial charge in [-0.2, -0.15) is 0 Å². The molecule has 5 nitrogen and oxygen atoms in total. The van der Waals surface area contributed by atoms with E-state index in [1.807, 2.05) is 30.3 Å². The van der Waals surface area contributed by atoms with Crippen LogP contribution < -0.4 is 0 Å². The third-order valence-electron chi connectivity index (χ3n) is 3.11. The Morgan fingerprint density at radius 2 is 2.00 bits per heavy atom. The van der Waals surface area contributed by atoms with Crippen LogP contribution in [0.2, 0.25) is 0 Å². The standard InChI is InChI=1S/C13H13NO4/c15-12(10-6-7-10)18-14-11(8-17-13(14)16)9-4-2-1-3-5-9/h1-5,10-11H,6-8H2/t11-/m0/s1. The van der Waals surface area contributed by atoms with Crippen LogP contribution in [0, 0.1) is 5.92 Å². The highest BCUT2D eigenvalue weighted by molar-refractivity contribution is 5.77. The van der Waals surface area contributed by atoms with Gasteiger partial charge in [0.25, 0.3) is 0 Å². The summed E-state index contributed by atoms with van der Waals surface area (Å²) in [6.07, 6.45) is 1.09. The minimum Gasteiger partial charge on any atom is -0.445 e. The van der Waals surface area contributed by atoms with E-state index >= 15 is 0 Å². The van der Waals surface area contributed by atoms with Crippen LogP contribution in [0.4, 0.5) is 4.79 Å². The van der Waals surface area contributed by atoms with Gasteiger partial charge < -0.3 is 9.57 Å². The second-order valence-corrected chi connectivity index (χ2v) is 4.51. The summed E-state index contributed by atoms with van der Waals surface area (Å²) >= 11 is 0. The van der Waals surface area contributed by atoms with Crippen molar-refractivity contribution in [1.29, 1.82) is 0 Å². The SMILES string of the molecule is O=C(ON1C(=O)OC[C@H]1c1ccccc1)C1CC1. The maximum atomic E-state index is 11.6. The minimum atomic E-state index is -0.599. The van der Waals surface area contributed by atoms with Gasteiger partial charge in [-0.25, -0.2) is 9.59 Å². The molecule has 3 rings (SSSR count). The predicted octanol–water partition coefficient (Wildman–Crippen LogP) is 2.05. The van der Waals surface area contributed by atoms with Gasteiger partial charge in [-0.15, -0.1) is 5.06 Å². The van der Waals surface area contributed by atoms with Crippen LogP contribution in [-0.4, -0.2) is 23.7 Å². The molecular weight excluding hydrogens is 234 g/mol. The van der Waals surface area contributed by atoms with E-state index in [-0.39, 0.29) is 24.5 Å². The molecule has 1 aromatic rings. The molecular formula is C13H13NO4. The third-order valence-corrected chi connectivity index (χ3v) is 3.11. The highest BCUT2D eigenvalue weighted by Crippen LogP contribution is 2.33. The smallest absolute Gasteiger partial charge is 0.444 e. The Balaban J connectivity index is 1.76. The molecule has 1 aliphatic carbocycles. The lowest BCUT2D eigenvalue weighted by molar-refractivity contribution is -0.183. The maximum absolute atomic E-state index is 11.6. The number of carbonyl (C=O) groups excluding carboxylic acids is 2. The first-order valence-corrected chi connectivity index (χ1v) is 5.98. The van der Waals surface area contributed by atoms with Crippen molar-refractivity contribution in [2.45, 2.75) is 18.9 Å². The monoisotopic (exact) mass is 247 g/mol. The molecule has 0 unspecified atom stereocenters. The van der Waals surface area contributed by atoms with Crippen molar-refractivity contribution in [2.75, 3.05) is 6.61 Å². The van der Waals surface area contributed by atoms with E-state index in [0.717, 1.165) is 23.5 Å². The highest BCUT2D eigenvalue weighted by Gasteiger charge is 2.41. The quantitative estimate of drug-likeness (QED) is 0.820. The molecule has 18 heavy (non-hydrogen) atoms. The average molecular weight is 247 g/mol. The molecule has 0 radical (unpaired) electrons. The van der Waals surface area contributed by atoms with Gasteiger partial charge in [0, 0.05) is 0 Å². The summed E-state index contributed by atoms with van der Waals surface area (Å²) in [6, 6.07) is 9.05. The minimum absolute atomic E-state index is 0.0465. The second kappa shape index (κ2) is 4.33. The molecule has 1 saturated heterocycles. The summed E-state index contributed by atoms with van der Waals surface area (Å²) in [4.78, 5) is 28.3.